The second-order valence-electron chi connectivity index (χ2n) is 8.58. The van der Waals surface area contributed by atoms with Gasteiger partial charge in [0.1, 0.15) is 0 Å². The summed E-state index contributed by atoms with van der Waals surface area (Å²) in [7, 11) is 0. The molecule has 1 N–H and O–H groups in total. The van der Waals surface area contributed by atoms with Crippen molar-refractivity contribution in [2.75, 3.05) is 24.5 Å². The Labute approximate surface area is 160 Å². The lowest BCUT2D eigenvalue weighted by Crippen LogP contribution is -2.48. The Bertz CT molecular complexity index is 703. The molecule has 2 saturated heterocycles. The monoisotopic (exact) mass is 371 g/mol. The third-order valence-corrected chi connectivity index (χ3v) is 5.22. The SMILES string of the molecule is CC(C)(C)NC(=O)C1CCN(C(=O)C2CC(=O)N(c3ccccc3)C2)CC1. The number of anilines is 1. The first kappa shape index (κ1) is 19.4. The summed E-state index contributed by atoms with van der Waals surface area (Å²) in [5, 5.41) is 3.02. The quantitative estimate of drug-likeness (QED) is 0.885. The van der Waals surface area contributed by atoms with Gasteiger partial charge in [0.25, 0.3) is 0 Å². The van der Waals surface area contributed by atoms with E-state index in [-0.39, 0.29) is 41.5 Å². The van der Waals surface area contributed by atoms with Crippen LogP contribution >= 0.6 is 0 Å². The number of hydrogen-bond acceptors (Lipinski definition) is 3. The van der Waals surface area contributed by atoms with E-state index in [1.807, 2.05) is 56.0 Å². The van der Waals surface area contributed by atoms with Crippen LogP contribution in [0.4, 0.5) is 5.69 Å². The summed E-state index contributed by atoms with van der Waals surface area (Å²) in [6.07, 6.45) is 1.62. The maximum Gasteiger partial charge on any atom is 0.228 e. The van der Waals surface area contributed by atoms with Crippen LogP contribution in [0.1, 0.15) is 40.0 Å². The molecule has 2 aliphatic rings. The van der Waals surface area contributed by atoms with Gasteiger partial charge in [0.15, 0.2) is 0 Å². The van der Waals surface area contributed by atoms with Crippen LogP contribution < -0.4 is 10.2 Å². The highest BCUT2D eigenvalue weighted by atomic mass is 16.2. The second-order valence-corrected chi connectivity index (χ2v) is 8.58. The van der Waals surface area contributed by atoms with Crippen LogP contribution in [-0.2, 0) is 14.4 Å². The molecule has 1 unspecified atom stereocenters. The van der Waals surface area contributed by atoms with Gasteiger partial charge in [0, 0.05) is 43.2 Å². The first-order chi connectivity index (χ1) is 12.7. The molecule has 2 fully saturated rings. The highest BCUT2D eigenvalue weighted by Crippen LogP contribution is 2.28. The maximum absolute atomic E-state index is 12.9. The van der Waals surface area contributed by atoms with Crippen LogP contribution in [0.15, 0.2) is 30.3 Å². The van der Waals surface area contributed by atoms with Crippen LogP contribution in [0, 0.1) is 11.8 Å². The van der Waals surface area contributed by atoms with Crippen LogP contribution in [0.25, 0.3) is 0 Å². The number of para-hydroxylation sites is 1. The van der Waals surface area contributed by atoms with E-state index in [2.05, 4.69) is 5.32 Å². The number of benzene rings is 1. The molecule has 0 radical (unpaired) electrons. The molecular formula is C21H29N3O3. The van der Waals surface area contributed by atoms with Crippen molar-refractivity contribution in [3.63, 3.8) is 0 Å². The largest absolute Gasteiger partial charge is 0.351 e. The van der Waals surface area contributed by atoms with Crippen molar-refractivity contribution in [1.82, 2.24) is 10.2 Å². The van der Waals surface area contributed by atoms with Crippen LogP contribution in [0.5, 0.6) is 0 Å². The number of hydrogen-bond donors (Lipinski definition) is 1. The van der Waals surface area contributed by atoms with Gasteiger partial charge in [-0.15, -0.1) is 0 Å². The summed E-state index contributed by atoms with van der Waals surface area (Å²) in [6, 6.07) is 9.48. The van der Waals surface area contributed by atoms with E-state index >= 15 is 0 Å². The van der Waals surface area contributed by atoms with Crippen molar-refractivity contribution >= 4 is 23.4 Å². The van der Waals surface area contributed by atoms with Crippen molar-refractivity contribution in [3.8, 4) is 0 Å². The molecule has 0 aromatic heterocycles. The lowest BCUT2D eigenvalue weighted by molar-refractivity contribution is -0.139. The van der Waals surface area contributed by atoms with Gasteiger partial charge in [0.05, 0.1) is 5.92 Å². The first-order valence-corrected chi connectivity index (χ1v) is 9.71. The predicted molar refractivity (Wildman–Crippen MR) is 104 cm³/mol. The van der Waals surface area contributed by atoms with Crippen LogP contribution in [0.3, 0.4) is 0 Å². The Hall–Kier alpha value is -2.37. The highest BCUT2D eigenvalue weighted by molar-refractivity contribution is 6.00. The second kappa shape index (κ2) is 7.71. The van der Waals surface area contributed by atoms with Gasteiger partial charge in [0.2, 0.25) is 17.7 Å². The van der Waals surface area contributed by atoms with E-state index in [1.54, 1.807) is 4.90 Å². The molecule has 146 valence electrons. The first-order valence-electron chi connectivity index (χ1n) is 9.71. The van der Waals surface area contributed by atoms with E-state index in [1.165, 1.54) is 0 Å². The number of piperidine rings is 1. The summed E-state index contributed by atoms with van der Waals surface area (Å²) in [5.74, 6) is -0.228. The number of amides is 3. The van der Waals surface area contributed by atoms with Gasteiger partial charge in [-0.3, -0.25) is 14.4 Å². The fraction of sp³-hybridized carbons (Fsp3) is 0.571. The fourth-order valence-electron chi connectivity index (χ4n) is 3.82. The number of nitrogens with zero attached hydrogens (tertiary/aromatic N) is 2. The van der Waals surface area contributed by atoms with Gasteiger partial charge in [-0.2, -0.15) is 0 Å². The van der Waals surface area contributed by atoms with E-state index in [4.69, 9.17) is 0 Å². The average molecular weight is 371 g/mol. The lowest BCUT2D eigenvalue weighted by atomic mass is 9.93. The Kier molecular flexibility index (Phi) is 5.53. The molecule has 0 aliphatic carbocycles. The molecule has 3 rings (SSSR count). The normalized spacial score (nSPS) is 21.4. The Morgan fingerprint density at radius 1 is 1.04 bits per heavy atom. The molecule has 0 spiro atoms. The van der Waals surface area contributed by atoms with Gasteiger partial charge < -0.3 is 15.1 Å². The summed E-state index contributed by atoms with van der Waals surface area (Å²) in [6.45, 7) is 7.51. The minimum absolute atomic E-state index is 0.000934. The van der Waals surface area contributed by atoms with Crippen molar-refractivity contribution in [2.24, 2.45) is 11.8 Å². The number of likely N-dealkylation sites (tertiary alicyclic amines) is 1. The zero-order valence-corrected chi connectivity index (χ0v) is 16.4. The summed E-state index contributed by atoms with van der Waals surface area (Å²) >= 11 is 0. The molecule has 2 heterocycles. The van der Waals surface area contributed by atoms with Crippen LogP contribution in [0.2, 0.25) is 0 Å². The smallest absolute Gasteiger partial charge is 0.228 e. The van der Waals surface area contributed by atoms with E-state index < -0.39 is 0 Å². The van der Waals surface area contributed by atoms with Crippen molar-refractivity contribution in [1.29, 1.82) is 0 Å². The van der Waals surface area contributed by atoms with E-state index in [0.29, 0.717) is 32.5 Å². The molecule has 6 heteroatoms. The lowest BCUT2D eigenvalue weighted by Gasteiger charge is -2.34. The summed E-state index contributed by atoms with van der Waals surface area (Å²) in [5.41, 5.74) is 0.602. The van der Waals surface area contributed by atoms with Gasteiger partial charge in [-0.05, 0) is 45.7 Å². The fourth-order valence-corrected chi connectivity index (χ4v) is 3.82. The summed E-state index contributed by atoms with van der Waals surface area (Å²) in [4.78, 5) is 41.1. The number of rotatable bonds is 3. The predicted octanol–water partition coefficient (Wildman–Crippen LogP) is 2.19. The molecule has 27 heavy (non-hydrogen) atoms. The van der Waals surface area contributed by atoms with E-state index in [0.717, 1.165) is 5.69 Å². The average Bonchev–Trinajstić information content (AvgIpc) is 3.02. The Balaban J connectivity index is 1.54. The molecule has 1 atom stereocenters. The van der Waals surface area contributed by atoms with Gasteiger partial charge in [-0.1, -0.05) is 18.2 Å². The van der Waals surface area contributed by atoms with E-state index in [9.17, 15) is 14.4 Å². The molecule has 3 amide bonds. The van der Waals surface area contributed by atoms with Crippen molar-refractivity contribution < 1.29 is 14.4 Å². The number of carbonyl (C=O) groups excluding carboxylic acids is 3. The zero-order chi connectivity index (χ0) is 19.6. The number of carbonyl (C=O) groups is 3. The molecule has 0 saturated carbocycles. The van der Waals surface area contributed by atoms with Crippen molar-refractivity contribution in [2.45, 2.75) is 45.6 Å². The van der Waals surface area contributed by atoms with Gasteiger partial charge in [-0.25, -0.2) is 0 Å². The third kappa shape index (κ3) is 4.67. The molecular weight excluding hydrogens is 342 g/mol. The molecule has 2 aliphatic heterocycles. The van der Waals surface area contributed by atoms with Crippen molar-refractivity contribution in [3.05, 3.63) is 30.3 Å². The molecule has 1 aromatic carbocycles. The van der Waals surface area contributed by atoms with Gasteiger partial charge >= 0.3 is 0 Å². The zero-order valence-electron chi connectivity index (χ0n) is 16.4. The standard InChI is InChI=1S/C21H29N3O3/c1-21(2,3)22-19(26)15-9-11-23(12-10-15)20(27)16-13-18(25)24(14-16)17-7-5-4-6-8-17/h4-8,15-16H,9-14H2,1-3H3,(H,22,26). The highest BCUT2D eigenvalue weighted by Gasteiger charge is 2.38. The molecule has 1 aromatic rings. The Morgan fingerprint density at radius 2 is 1.67 bits per heavy atom. The minimum atomic E-state index is -0.294. The minimum Gasteiger partial charge on any atom is -0.351 e. The third-order valence-electron chi connectivity index (χ3n) is 5.22. The number of nitrogens with one attached hydrogen (secondary N) is 1. The van der Waals surface area contributed by atoms with Crippen LogP contribution in [-0.4, -0.2) is 47.8 Å². The molecule has 0 bridgehead atoms. The molecule has 6 nitrogen and oxygen atoms in total. The summed E-state index contributed by atoms with van der Waals surface area (Å²) < 4.78 is 0. The maximum atomic E-state index is 12.9. The topological polar surface area (TPSA) is 69.7 Å². The Morgan fingerprint density at radius 3 is 2.26 bits per heavy atom.